The minimum absolute atomic E-state index is 0.0276. The molecule has 0 radical (unpaired) electrons. The molecule has 1 aliphatic heterocycles. The number of hydrazine groups is 1. The van der Waals surface area contributed by atoms with E-state index in [1.54, 1.807) is 12.1 Å². The molecule has 1 aromatic carbocycles. The summed E-state index contributed by atoms with van der Waals surface area (Å²) >= 11 is 0. The fourth-order valence-corrected chi connectivity index (χ4v) is 3.90. The van der Waals surface area contributed by atoms with Crippen LogP contribution in [0, 0.1) is 17.0 Å². The Morgan fingerprint density at radius 2 is 1.87 bits per heavy atom. The molecule has 4 rings (SSSR count). The van der Waals surface area contributed by atoms with Crippen molar-refractivity contribution in [2.75, 3.05) is 38.7 Å². The summed E-state index contributed by atoms with van der Waals surface area (Å²) in [6.07, 6.45) is 2.39. The van der Waals surface area contributed by atoms with E-state index in [9.17, 15) is 14.9 Å². The number of nitrogens with zero attached hydrogens (tertiary/aromatic N) is 4. The van der Waals surface area contributed by atoms with Crippen molar-refractivity contribution in [1.82, 2.24) is 15.3 Å². The highest BCUT2D eigenvalue weighted by Crippen LogP contribution is 2.30. The number of piperazine rings is 1. The zero-order chi connectivity index (χ0) is 22.0. The highest BCUT2D eigenvalue weighted by molar-refractivity contribution is 6.06. The van der Waals surface area contributed by atoms with Gasteiger partial charge in [0.15, 0.2) is 5.76 Å². The molecular weight excluding hydrogens is 400 g/mol. The van der Waals surface area contributed by atoms with Gasteiger partial charge in [0.05, 0.1) is 16.3 Å². The lowest BCUT2D eigenvalue weighted by Crippen LogP contribution is -2.52. The zero-order valence-corrected chi connectivity index (χ0v) is 17.7. The van der Waals surface area contributed by atoms with Gasteiger partial charge in [-0.15, -0.1) is 0 Å². The van der Waals surface area contributed by atoms with Crippen molar-refractivity contribution in [1.29, 1.82) is 0 Å². The van der Waals surface area contributed by atoms with Crippen LogP contribution < -0.4 is 10.9 Å². The Balaban J connectivity index is 1.50. The number of aryl methyl sites for hydroxylation is 1. The lowest BCUT2D eigenvalue weighted by molar-refractivity contribution is -0.384. The van der Waals surface area contributed by atoms with E-state index in [0.29, 0.717) is 11.4 Å². The predicted octanol–water partition coefficient (Wildman–Crippen LogP) is 2.54. The van der Waals surface area contributed by atoms with Crippen LogP contribution in [0.15, 0.2) is 33.8 Å². The molecule has 31 heavy (non-hydrogen) atoms. The third kappa shape index (κ3) is 4.59. The first-order valence-electron chi connectivity index (χ1n) is 10.4. The number of non-ortho nitro benzene ring substituents is 1. The topological polar surface area (TPSA) is 116 Å². The SMILES string of the molecule is Cc1c(C(=O)NN2CCN(C)CC2)oc2c1/C(=N/Nc1ccc([N+](=O)[O-])cc1)CCC2. The highest BCUT2D eigenvalue weighted by atomic mass is 16.6. The minimum Gasteiger partial charge on any atom is -0.455 e. The van der Waals surface area contributed by atoms with Gasteiger partial charge in [0.1, 0.15) is 5.76 Å². The van der Waals surface area contributed by atoms with Gasteiger partial charge >= 0.3 is 5.91 Å². The molecule has 2 heterocycles. The van der Waals surface area contributed by atoms with Crippen molar-refractivity contribution >= 4 is 23.0 Å². The Hall–Kier alpha value is -3.24. The van der Waals surface area contributed by atoms with Crippen molar-refractivity contribution in [3.63, 3.8) is 0 Å². The van der Waals surface area contributed by atoms with Crippen molar-refractivity contribution in [2.45, 2.75) is 26.2 Å². The molecule has 1 aromatic heterocycles. The second-order valence-electron chi connectivity index (χ2n) is 7.91. The fraction of sp³-hybridized carbons (Fsp3) is 0.429. The van der Waals surface area contributed by atoms with Gasteiger partial charge in [0, 0.05) is 55.9 Å². The molecule has 0 atom stereocenters. The number of amides is 1. The number of carbonyl (C=O) groups excluding carboxylic acids is 1. The van der Waals surface area contributed by atoms with Crippen molar-refractivity contribution < 1.29 is 14.1 Å². The number of hydrazone groups is 1. The maximum Gasteiger partial charge on any atom is 0.301 e. The summed E-state index contributed by atoms with van der Waals surface area (Å²) < 4.78 is 5.95. The number of hydrogen-bond acceptors (Lipinski definition) is 8. The van der Waals surface area contributed by atoms with Gasteiger partial charge in [0.25, 0.3) is 5.69 Å². The van der Waals surface area contributed by atoms with E-state index in [0.717, 1.165) is 68.0 Å². The molecule has 0 spiro atoms. The van der Waals surface area contributed by atoms with Crippen molar-refractivity contribution in [3.05, 3.63) is 57.0 Å². The molecule has 0 unspecified atom stereocenters. The Kier molecular flexibility index (Phi) is 6.01. The van der Waals surface area contributed by atoms with E-state index in [2.05, 4.69) is 27.9 Å². The summed E-state index contributed by atoms with van der Waals surface area (Å²) in [5.74, 6) is 0.865. The number of nitrogens with one attached hydrogen (secondary N) is 2. The number of hydrogen-bond donors (Lipinski definition) is 2. The number of rotatable bonds is 5. The van der Waals surface area contributed by atoms with E-state index in [4.69, 9.17) is 4.42 Å². The van der Waals surface area contributed by atoms with E-state index >= 15 is 0 Å². The molecular formula is C21H26N6O4. The summed E-state index contributed by atoms with van der Waals surface area (Å²) in [6, 6.07) is 6.09. The molecule has 10 heteroatoms. The van der Waals surface area contributed by atoms with Gasteiger partial charge in [0.2, 0.25) is 0 Å². The number of likely N-dealkylation sites (N-methyl/N-ethyl adjacent to an activating group) is 1. The summed E-state index contributed by atoms with van der Waals surface area (Å²) in [4.78, 5) is 25.4. The van der Waals surface area contributed by atoms with E-state index in [1.807, 2.05) is 11.9 Å². The maximum atomic E-state index is 12.8. The second kappa shape index (κ2) is 8.86. The first-order valence-corrected chi connectivity index (χ1v) is 10.4. The van der Waals surface area contributed by atoms with Gasteiger partial charge in [-0.2, -0.15) is 5.10 Å². The van der Waals surface area contributed by atoms with Crippen LogP contribution in [0.2, 0.25) is 0 Å². The Morgan fingerprint density at radius 3 is 2.55 bits per heavy atom. The molecule has 2 aliphatic rings. The third-order valence-corrected chi connectivity index (χ3v) is 5.69. The van der Waals surface area contributed by atoms with Gasteiger partial charge in [-0.25, -0.2) is 5.01 Å². The van der Waals surface area contributed by atoms with Crippen LogP contribution >= 0.6 is 0 Å². The quantitative estimate of drug-likeness (QED) is 0.557. The summed E-state index contributed by atoms with van der Waals surface area (Å²) in [6.45, 7) is 5.23. The predicted molar refractivity (Wildman–Crippen MR) is 116 cm³/mol. The highest BCUT2D eigenvalue weighted by Gasteiger charge is 2.29. The maximum absolute atomic E-state index is 12.8. The van der Waals surface area contributed by atoms with Crippen LogP contribution in [0.1, 0.15) is 40.3 Å². The summed E-state index contributed by atoms with van der Waals surface area (Å²) in [7, 11) is 2.06. The standard InChI is InChI=1S/C21H26N6O4/c1-14-19-17(23-22-15-6-8-16(9-7-15)27(29)30)4-3-5-18(19)31-20(14)21(28)24-26-12-10-25(2)11-13-26/h6-9,22H,3-5,10-13H2,1-2H3,(H,24,28)/b23-17+. The fourth-order valence-electron chi connectivity index (χ4n) is 3.90. The number of fused-ring (bicyclic) bond motifs is 1. The van der Waals surface area contributed by atoms with Crippen molar-refractivity contribution in [3.8, 4) is 0 Å². The molecule has 1 fully saturated rings. The number of nitro groups is 1. The lowest BCUT2D eigenvalue weighted by Gasteiger charge is -2.32. The molecule has 2 N–H and O–H groups in total. The smallest absolute Gasteiger partial charge is 0.301 e. The summed E-state index contributed by atoms with van der Waals surface area (Å²) in [5, 5.41) is 17.2. The van der Waals surface area contributed by atoms with Crippen molar-refractivity contribution in [2.24, 2.45) is 5.10 Å². The number of benzene rings is 1. The minimum atomic E-state index is -0.438. The van der Waals surface area contributed by atoms with Gasteiger partial charge in [-0.1, -0.05) is 0 Å². The van der Waals surface area contributed by atoms with E-state index in [1.165, 1.54) is 12.1 Å². The third-order valence-electron chi connectivity index (χ3n) is 5.69. The molecule has 10 nitrogen and oxygen atoms in total. The molecule has 164 valence electrons. The molecule has 1 saturated heterocycles. The average Bonchev–Trinajstić information content (AvgIpc) is 3.11. The molecule has 2 aromatic rings. The number of anilines is 1. The first-order chi connectivity index (χ1) is 14.9. The normalized spacial score (nSPS) is 18.6. The monoisotopic (exact) mass is 426 g/mol. The van der Waals surface area contributed by atoms with Gasteiger partial charge in [-0.3, -0.25) is 25.8 Å². The largest absolute Gasteiger partial charge is 0.455 e. The van der Waals surface area contributed by atoms with Crippen LogP contribution in [0.5, 0.6) is 0 Å². The van der Waals surface area contributed by atoms with Crippen LogP contribution in [-0.4, -0.2) is 59.7 Å². The average molecular weight is 426 g/mol. The van der Waals surface area contributed by atoms with Crippen LogP contribution in [0.25, 0.3) is 0 Å². The van der Waals surface area contributed by atoms with Gasteiger partial charge in [-0.05, 0) is 38.9 Å². The number of furan rings is 1. The molecule has 1 aliphatic carbocycles. The molecule has 0 bridgehead atoms. The molecule has 1 amide bonds. The van der Waals surface area contributed by atoms with E-state index in [-0.39, 0.29) is 11.6 Å². The van der Waals surface area contributed by atoms with Gasteiger partial charge < -0.3 is 9.32 Å². The number of nitro benzene ring substituents is 1. The summed E-state index contributed by atoms with van der Waals surface area (Å²) in [5.41, 5.74) is 9.08. The Labute approximate surface area is 180 Å². The van der Waals surface area contributed by atoms with Crippen LogP contribution in [0.3, 0.4) is 0 Å². The first kappa shape index (κ1) is 21.0. The lowest BCUT2D eigenvalue weighted by atomic mass is 9.93. The second-order valence-corrected chi connectivity index (χ2v) is 7.91. The van der Waals surface area contributed by atoms with Crippen LogP contribution in [-0.2, 0) is 6.42 Å². The Morgan fingerprint density at radius 1 is 1.16 bits per heavy atom. The zero-order valence-electron chi connectivity index (χ0n) is 17.7. The number of carbonyl (C=O) groups is 1. The van der Waals surface area contributed by atoms with Crippen LogP contribution in [0.4, 0.5) is 11.4 Å². The van der Waals surface area contributed by atoms with E-state index < -0.39 is 4.92 Å². The Bertz CT molecular complexity index is 1010. The molecule has 0 saturated carbocycles.